The molecule has 2 amide bonds. The first-order valence-electron chi connectivity index (χ1n) is 14.9. The lowest BCUT2D eigenvalue weighted by Gasteiger charge is -2.23. The van der Waals surface area contributed by atoms with E-state index in [0.717, 1.165) is 24.3 Å². The first-order chi connectivity index (χ1) is 20.9. The first kappa shape index (κ1) is 38.9. The summed E-state index contributed by atoms with van der Waals surface area (Å²) >= 11 is 11.2. The van der Waals surface area contributed by atoms with E-state index in [1.165, 1.54) is 32.1 Å². The summed E-state index contributed by atoms with van der Waals surface area (Å²) in [5.41, 5.74) is 2.21. The van der Waals surface area contributed by atoms with Gasteiger partial charge in [-0.3, -0.25) is 9.59 Å². The molecular weight excluding hydrogens is 605 g/mol. The molecule has 0 radical (unpaired) electrons. The van der Waals surface area contributed by atoms with Crippen LogP contribution in [-0.2, 0) is 4.79 Å². The molecule has 0 bridgehead atoms. The van der Waals surface area contributed by atoms with E-state index >= 15 is 0 Å². The lowest BCUT2D eigenvalue weighted by Crippen LogP contribution is -2.22. The third-order valence-corrected chi connectivity index (χ3v) is 7.30. The van der Waals surface area contributed by atoms with E-state index in [1.807, 2.05) is 32.9 Å². The van der Waals surface area contributed by atoms with Gasteiger partial charge in [-0.15, -0.1) is 0 Å². The van der Waals surface area contributed by atoms with E-state index in [2.05, 4.69) is 31.4 Å². The summed E-state index contributed by atoms with van der Waals surface area (Å²) in [4.78, 5) is 21.8. The summed E-state index contributed by atoms with van der Waals surface area (Å²) in [5, 5.41) is 5.60. The standard InChI is InChI=1S/C16H22ClF.C11H14N2O3.C6H4ClF.C2H6/c1-16(2,3)10-11-7-8-12(9-11)13-5-4-6-14(17)15(13)18;1-3-12-11(15)8-4-5-9(13-7-14)10(6-8)16-2;7-5-3-1-2-4-6(5)8;1-2/h4-6,11-12H,7-10H2,1-3H3;4-7H,3H2,1-2H3,(H,12,15)(H,13,14);1-4H;1-2H3. The Bertz CT molecular complexity index is 1290. The van der Waals surface area contributed by atoms with Crippen LogP contribution in [0.25, 0.3) is 0 Å². The lowest BCUT2D eigenvalue weighted by molar-refractivity contribution is -0.105. The highest BCUT2D eigenvalue weighted by Gasteiger charge is 2.30. The molecule has 242 valence electrons. The van der Waals surface area contributed by atoms with Crippen molar-refractivity contribution in [1.29, 1.82) is 0 Å². The molecular formula is C35H46Cl2F2N2O3. The van der Waals surface area contributed by atoms with E-state index in [-0.39, 0.29) is 27.6 Å². The van der Waals surface area contributed by atoms with Gasteiger partial charge in [0.2, 0.25) is 6.41 Å². The molecule has 0 spiro atoms. The van der Waals surface area contributed by atoms with Crippen LogP contribution < -0.4 is 15.4 Å². The van der Waals surface area contributed by atoms with E-state index in [0.29, 0.717) is 41.3 Å². The highest BCUT2D eigenvalue weighted by molar-refractivity contribution is 6.31. The minimum absolute atomic E-state index is 0.168. The molecule has 1 saturated carbocycles. The first-order valence-corrected chi connectivity index (χ1v) is 15.7. The van der Waals surface area contributed by atoms with Crippen molar-refractivity contribution in [3.63, 3.8) is 0 Å². The smallest absolute Gasteiger partial charge is 0.251 e. The number of halogens is 4. The van der Waals surface area contributed by atoms with Crippen LogP contribution in [0.1, 0.15) is 89.1 Å². The Morgan fingerprint density at radius 3 is 2.20 bits per heavy atom. The fourth-order valence-corrected chi connectivity index (χ4v) is 5.28. The topological polar surface area (TPSA) is 67.4 Å². The Hall–Kier alpha value is -3.16. The van der Waals surface area contributed by atoms with Gasteiger partial charge in [-0.2, -0.15) is 0 Å². The number of hydrogen-bond donors (Lipinski definition) is 2. The number of carbonyl (C=O) groups excluding carboxylic acids is 2. The fraction of sp³-hybridized carbons (Fsp3) is 0.429. The van der Waals surface area contributed by atoms with Crippen LogP contribution in [-0.4, -0.2) is 26.0 Å². The zero-order chi connectivity index (χ0) is 33.3. The van der Waals surface area contributed by atoms with Crippen molar-refractivity contribution in [1.82, 2.24) is 5.32 Å². The van der Waals surface area contributed by atoms with E-state index < -0.39 is 0 Å². The Labute approximate surface area is 271 Å². The molecule has 1 aliphatic rings. The predicted molar refractivity (Wildman–Crippen MR) is 179 cm³/mol. The van der Waals surface area contributed by atoms with E-state index in [9.17, 15) is 18.4 Å². The van der Waals surface area contributed by atoms with Gasteiger partial charge in [0, 0.05) is 12.1 Å². The minimum atomic E-state index is -0.367. The van der Waals surface area contributed by atoms with Crippen LogP contribution in [0.4, 0.5) is 14.5 Å². The SMILES string of the molecule is CC.CC(C)(C)CC1CCC(c2cccc(Cl)c2F)C1.CCNC(=O)c1ccc(NC=O)c(OC)c1.Fc1ccccc1Cl. The fourth-order valence-electron chi connectivity index (χ4n) is 4.96. The summed E-state index contributed by atoms with van der Waals surface area (Å²) in [6.07, 6.45) is 5.20. The van der Waals surface area contributed by atoms with Gasteiger partial charge in [-0.05, 0) is 91.8 Å². The largest absolute Gasteiger partial charge is 0.495 e. The van der Waals surface area contributed by atoms with Crippen LogP contribution in [0.2, 0.25) is 10.0 Å². The number of ether oxygens (including phenoxy) is 1. The maximum Gasteiger partial charge on any atom is 0.251 e. The molecule has 2 N–H and O–H groups in total. The molecule has 3 aromatic rings. The second-order valence-corrected chi connectivity index (χ2v) is 12.0. The summed E-state index contributed by atoms with van der Waals surface area (Å²) in [7, 11) is 1.48. The van der Waals surface area contributed by atoms with Gasteiger partial charge >= 0.3 is 0 Å². The normalized spacial score (nSPS) is 15.2. The molecule has 1 aliphatic carbocycles. The van der Waals surface area contributed by atoms with Crippen LogP contribution in [0, 0.1) is 23.0 Å². The average molecular weight is 652 g/mol. The van der Waals surface area contributed by atoms with Gasteiger partial charge in [-0.25, -0.2) is 8.78 Å². The zero-order valence-corrected chi connectivity index (χ0v) is 28.3. The Morgan fingerprint density at radius 2 is 1.66 bits per heavy atom. The van der Waals surface area contributed by atoms with E-state index in [1.54, 1.807) is 36.4 Å². The maximum absolute atomic E-state index is 14.0. The molecule has 0 saturated heterocycles. The van der Waals surface area contributed by atoms with Gasteiger partial charge in [-0.1, -0.05) is 82.1 Å². The van der Waals surface area contributed by atoms with Crippen LogP contribution in [0.15, 0.2) is 60.7 Å². The quantitative estimate of drug-likeness (QED) is 0.250. The number of benzene rings is 3. The van der Waals surface area contributed by atoms with Gasteiger partial charge in [0.15, 0.2) is 0 Å². The number of methoxy groups -OCH3 is 1. The van der Waals surface area contributed by atoms with Crippen molar-refractivity contribution in [3.05, 3.63) is 93.5 Å². The minimum Gasteiger partial charge on any atom is -0.495 e. The molecule has 3 aromatic carbocycles. The lowest BCUT2D eigenvalue weighted by atomic mass is 9.83. The predicted octanol–water partition coefficient (Wildman–Crippen LogP) is 10.3. The second-order valence-electron chi connectivity index (χ2n) is 11.2. The Morgan fingerprint density at radius 1 is 1.00 bits per heavy atom. The highest BCUT2D eigenvalue weighted by atomic mass is 35.5. The third kappa shape index (κ3) is 13.2. The van der Waals surface area contributed by atoms with Gasteiger partial charge in [0.1, 0.15) is 17.4 Å². The zero-order valence-electron chi connectivity index (χ0n) is 26.8. The average Bonchev–Trinajstić information content (AvgIpc) is 3.45. The van der Waals surface area contributed by atoms with Crippen molar-refractivity contribution in [2.24, 2.45) is 11.3 Å². The second kappa shape index (κ2) is 20.0. The van der Waals surface area contributed by atoms with Gasteiger partial charge in [0.05, 0.1) is 22.8 Å². The summed E-state index contributed by atoms with van der Waals surface area (Å²) in [6, 6.07) is 16.3. The highest BCUT2D eigenvalue weighted by Crippen LogP contribution is 2.44. The molecule has 9 heteroatoms. The Kier molecular flexibility index (Phi) is 17.7. The maximum atomic E-state index is 14.0. The van der Waals surface area contributed by atoms with Crippen molar-refractivity contribution in [2.45, 2.75) is 73.1 Å². The summed E-state index contributed by atoms with van der Waals surface area (Å²) < 4.78 is 31.2. The van der Waals surface area contributed by atoms with Crippen molar-refractivity contribution in [3.8, 4) is 5.75 Å². The molecule has 2 atom stereocenters. The van der Waals surface area contributed by atoms with Crippen molar-refractivity contribution >= 4 is 41.2 Å². The number of rotatable bonds is 7. The van der Waals surface area contributed by atoms with Crippen molar-refractivity contribution < 1.29 is 23.1 Å². The monoisotopic (exact) mass is 650 g/mol. The molecule has 1 fully saturated rings. The Balaban J connectivity index is 0.000000341. The molecule has 0 heterocycles. The van der Waals surface area contributed by atoms with E-state index in [4.69, 9.17) is 27.9 Å². The van der Waals surface area contributed by atoms with Crippen LogP contribution in [0.5, 0.6) is 5.75 Å². The van der Waals surface area contributed by atoms with Crippen LogP contribution >= 0.6 is 23.2 Å². The number of anilines is 1. The number of hydrogen-bond acceptors (Lipinski definition) is 3. The summed E-state index contributed by atoms with van der Waals surface area (Å²) in [5.74, 6) is 0.800. The number of carbonyl (C=O) groups is 2. The van der Waals surface area contributed by atoms with Crippen LogP contribution in [0.3, 0.4) is 0 Å². The molecule has 0 aromatic heterocycles. The molecule has 44 heavy (non-hydrogen) atoms. The summed E-state index contributed by atoms with van der Waals surface area (Å²) in [6.45, 7) is 13.2. The molecule has 2 unspecified atom stereocenters. The number of nitrogens with one attached hydrogen (secondary N) is 2. The van der Waals surface area contributed by atoms with Gasteiger partial charge < -0.3 is 15.4 Å². The third-order valence-electron chi connectivity index (χ3n) is 6.70. The van der Waals surface area contributed by atoms with Gasteiger partial charge in [0.25, 0.3) is 5.91 Å². The molecule has 5 nitrogen and oxygen atoms in total. The number of amides is 2. The molecule has 0 aliphatic heterocycles. The van der Waals surface area contributed by atoms with Crippen molar-refractivity contribution in [2.75, 3.05) is 19.0 Å². The molecule has 4 rings (SSSR count).